The van der Waals surface area contributed by atoms with Crippen molar-refractivity contribution in [2.75, 3.05) is 13.2 Å². The Balaban J connectivity index is 1.88. The zero-order chi connectivity index (χ0) is 18.0. The summed E-state index contributed by atoms with van der Waals surface area (Å²) in [7, 11) is 0. The maximum atomic E-state index is 13.2. The van der Waals surface area contributed by atoms with Crippen molar-refractivity contribution in [2.45, 2.75) is 71.4 Å². The van der Waals surface area contributed by atoms with E-state index in [9.17, 15) is 9.59 Å². The van der Waals surface area contributed by atoms with Gasteiger partial charge in [0, 0.05) is 42.6 Å². The Morgan fingerprint density at radius 2 is 2.08 bits per heavy atom. The molecule has 1 aromatic rings. The number of aromatic amines is 1. The number of amides is 1. The van der Waals surface area contributed by atoms with E-state index >= 15 is 0 Å². The molecule has 138 valence electrons. The molecule has 2 saturated carbocycles. The van der Waals surface area contributed by atoms with Gasteiger partial charge in [-0.1, -0.05) is 19.8 Å². The second kappa shape index (κ2) is 7.32. The first kappa shape index (κ1) is 18.2. The summed E-state index contributed by atoms with van der Waals surface area (Å²) in [5, 5.41) is 0. The number of carbonyl (C=O) groups is 1. The Morgan fingerprint density at radius 1 is 1.36 bits per heavy atom. The third kappa shape index (κ3) is 3.14. The van der Waals surface area contributed by atoms with Gasteiger partial charge in [0.15, 0.2) is 5.43 Å². The lowest BCUT2D eigenvalue weighted by Crippen LogP contribution is -2.65. The number of pyridine rings is 1. The fourth-order valence-corrected chi connectivity index (χ4v) is 4.82. The van der Waals surface area contributed by atoms with E-state index in [-0.39, 0.29) is 34.5 Å². The number of ether oxygens (including phenoxy) is 1. The third-order valence-electron chi connectivity index (χ3n) is 6.03. The number of aromatic nitrogens is 1. The summed E-state index contributed by atoms with van der Waals surface area (Å²) in [5.41, 5.74) is 0.935. The molecule has 0 bridgehead atoms. The van der Waals surface area contributed by atoms with Gasteiger partial charge in [0.2, 0.25) is 0 Å². The minimum atomic E-state index is -0.191. The lowest BCUT2D eigenvalue weighted by Gasteiger charge is -2.57. The van der Waals surface area contributed by atoms with E-state index in [4.69, 9.17) is 4.74 Å². The van der Waals surface area contributed by atoms with Crippen LogP contribution in [-0.4, -0.2) is 41.1 Å². The molecular weight excluding hydrogens is 316 g/mol. The molecule has 3 rings (SSSR count). The summed E-state index contributed by atoms with van der Waals surface area (Å²) in [6.07, 6.45) is 8.28. The molecule has 25 heavy (non-hydrogen) atoms. The zero-order valence-corrected chi connectivity index (χ0v) is 15.6. The van der Waals surface area contributed by atoms with Gasteiger partial charge in [-0.2, -0.15) is 0 Å². The molecule has 1 amide bonds. The summed E-state index contributed by atoms with van der Waals surface area (Å²) < 4.78 is 5.99. The number of carbonyl (C=O) groups excluding carboxylic acids is 1. The maximum Gasteiger partial charge on any atom is 0.259 e. The third-order valence-corrected chi connectivity index (χ3v) is 6.03. The van der Waals surface area contributed by atoms with Gasteiger partial charge in [-0.15, -0.1) is 0 Å². The lowest BCUT2D eigenvalue weighted by molar-refractivity contribution is -0.156. The van der Waals surface area contributed by atoms with Gasteiger partial charge in [0.05, 0.1) is 6.10 Å². The van der Waals surface area contributed by atoms with Crippen LogP contribution in [0.3, 0.4) is 0 Å². The fourth-order valence-electron chi connectivity index (χ4n) is 4.82. The Hall–Kier alpha value is -1.62. The van der Waals surface area contributed by atoms with E-state index in [1.54, 1.807) is 6.20 Å². The van der Waals surface area contributed by atoms with E-state index in [2.05, 4.69) is 11.9 Å². The summed E-state index contributed by atoms with van der Waals surface area (Å²) in [6.45, 7) is 7.36. The van der Waals surface area contributed by atoms with E-state index in [1.165, 1.54) is 18.9 Å². The lowest BCUT2D eigenvalue weighted by atomic mass is 9.59. The maximum absolute atomic E-state index is 13.2. The van der Waals surface area contributed by atoms with Crippen LogP contribution >= 0.6 is 0 Å². The molecule has 0 unspecified atom stereocenters. The average Bonchev–Trinajstić information content (AvgIpc) is 3.09. The zero-order valence-electron chi connectivity index (χ0n) is 15.6. The van der Waals surface area contributed by atoms with Crippen LogP contribution in [0.1, 0.15) is 68.4 Å². The first-order valence-electron chi connectivity index (χ1n) is 9.65. The number of nitrogens with zero attached hydrogens (tertiary/aromatic N) is 1. The number of rotatable bonds is 6. The van der Waals surface area contributed by atoms with Crippen molar-refractivity contribution >= 4 is 5.91 Å². The number of hydrogen-bond donors (Lipinski definition) is 1. The van der Waals surface area contributed by atoms with Gasteiger partial charge in [-0.05, 0) is 39.5 Å². The second-order valence-corrected chi connectivity index (χ2v) is 7.53. The van der Waals surface area contributed by atoms with Crippen molar-refractivity contribution in [3.8, 4) is 0 Å². The Labute approximate surface area is 149 Å². The first-order chi connectivity index (χ1) is 12.0. The minimum Gasteiger partial charge on any atom is -0.378 e. The van der Waals surface area contributed by atoms with Crippen LogP contribution < -0.4 is 5.43 Å². The molecule has 2 fully saturated rings. The molecule has 0 aliphatic heterocycles. The molecule has 5 nitrogen and oxygen atoms in total. The van der Waals surface area contributed by atoms with Gasteiger partial charge in [-0.3, -0.25) is 9.59 Å². The van der Waals surface area contributed by atoms with Crippen molar-refractivity contribution in [1.29, 1.82) is 0 Å². The van der Waals surface area contributed by atoms with Crippen LogP contribution in [0.25, 0.3) is 0 Å². The molecule has 0 radical (unpaired) electrons. The van der Waals surface area contributed by atoms with Crippen molar-refractivity contribution in [3.63, 3.8) is 0 Å². The highest BCUT2D eigenvalue weighted by Crippen LogP contribution is 2.56. The van der Waals surface area contributed by atoms with Crippen molar-refractivity contribution in [1.82, 2.24) is 9.88 Å². The van der Waals surface area contributed by atoms with Gasteiger partial charge in [-0.25, -0.2) is 0 Å². The molecule has 1 aromatic heterocycles. The molecule has 2 aliphatic carbocycles. The van der Waals surface area contributed by atoms with E-state index in [1.807, 2.05) is 18.7 Å². The van der Waals surface area contributed by atoms with Gasteiger partial charge >= 0.3 is 0 Å². The summed E-state index contributed by atoms with van der Waals surface area (Å²) in [5.74, 6) is -0.130. The van der Waals surface area contributed by atoms with Crippen LogP contribution in [0.15, 0.2) is 17.1 Å². The quantitative estimate of drug-likeness (QED) is 0.860. The number of H-pyrrole nitrogens is 1. The molecule has 2 atom stereocenters. The van der Waals surface area contributed by atoms with Crippen molar-refractivity contribution in [2.24, 2.45) is 5.41 Å². The SMILES string of the molecule is CCCN(C(=O)c1c[nH]c(C)cc1=O)[C@@H]1C[C@@H](OCC)C12CCCC2. The number of aryl methyl sites for hydroxylation is 1. The summed E-state index contributed by atoms with van der Waals surface area (Å²) >= 11 is 0. The van der Waals surface area contributed by atoms with E-state index < -0.39 is 0 Å². The molecule has 1 heterocycles. The topological polar surface area (TPSA) is 62.4 Å². The van der Waals surface area contributed by atoms with Crippen LogP contribution in [-0.2, 0) is 4.74 Å². The van der Waals surface area contributed by atoms with Gasteiger partial charge < -0.3 is 14.6 Å². The highest BCUT2D eigenvalue weighted by atomic mass is 16.5. The average molecular weight is 346 g/mol. The Bertz CT molecular complexity index is 676. The van der Waals surface area contributed by atoms with Crippen molar-refractivity contribution < 1.29 is 9.53 Å². The molecule has 2 aliphatic rings. The standard InChI is InChI=1S/C20H30N2O3/c1-4-10-22(19(24)15-13-21-14(3)11-16(15)23)17-12-18(25-5-2)20(17)8-6-7-9-20/h11,13,17-18H,4-10,12H2,1-3H3,(H,21,23)/t17-,18-/m1/s1. The number of hydrogen-bond acceptors (Lipinski definition) is 3. The molecule has 0 aromatic carbocycles. The summed E-state index contributed by atoms with van der Waals surface area (Å²) in [4.78, 5) is 30.4. The minimum absolute atomic E-state index is 0.0955. The molecule has 5 heteroatoms. The van der Waals surface area contributed by atoms with Crippen LogP contribution in [0.4, 0.5) is 0 Å². The van der Waals surface area contributed by atoms with Gasteiger partial charge in [0.25, 0.3) is 5.91 Å². The smallest absolute Gasteiger partial charge is 0.259 e. The van der Waals surface area contributed by atoms with E-state index in [0.717, 1.165) is 38.0 Å². The molecule has 1 spiro atoms. The number of nitrogens with one attached hydrogen (secondary N) is 1. The van der Waals surface area contributed by atoms with E-state index in [0.29, 0.717) is 6.54 Å². The Kier molecular flexibility index (Phi) is 5.32. The highest BCUT2D eigenvalue weighted by molar-refractivity contribution is 5.94. The van der Waals surface area contributed by atoms with Crippen LogP contribution in [0, 0.1) is 12.3 Å². The highest BCUT2D eigenvalue weighted by Gasteiger charge is 2.59. The summed E-state index contributed by atoms with van der Waals surface area (Å²) in [6, 6.07) is 1.70. The predicted molar refractivity (Wildman–Crippen MR) is 97.8 cm³/mol. The van der Waals surface area contributed by atoms with Gasteiger partial charge in [0.1, 0.15) is 5.56 Å². The second-order valence-electron chi connectivity index (χ2n) is 7.53. The largest absolute Gasteiger partial charge is 0.378 e. The molecule has 0 saturated heterocycles. The molecule has 1 N–H and O–H groups in total. The fraction of sp³-hybridized carbons (Fsp3) is 0.700. The normalized spacial score (nSPS) is 24.3. The van der Waals surface area contributed by atoms with Crippen molar-refractivity contribution in [3.05, 3.63) is 33.7 Å². The van der Waals surface area contributed by atoms with Crippen LogP contribution in [0.2, 0.25) is 0 Å². The predicted octanol–water partition coefficient (Wildman–Crippen LogP) is 3.27. The first-order valence-corrected chi connectivity index (χ1v) is 9.65. The van der Waals surface area contributed by atoms with Crippen LogP contribution in [0.5, 0.6) is 0 Å². The molecular formula is C20H30N2O3. The monoisotopic (exact) mass is 346 g/mol. The Morgan fingerprint density at radius 3 is 2.68 bits per heavy atom.